The monoisotopic (exact) mass is 1120 g/mol. The first kappa shape index (κ1) is 57.9. The highest BCUT2D eigenvalue weighted by Gasteiger charge is 2.48. The summed E-state index contributed by atoms with van der Waals surface area (Å²) in [4.78, 5) is 35.8. The topological polar surface area (TPSA) is 152 Å². The number of carbonyl (C=O) groups is 2. The van der Waals surface area contributed by atoms with Crippen molar-refractivity contribution in [2.75, 3.05) is 102 Å². The maximum absolute atomic E-state index is 14.2. The fourth-order valence-corrected chi connectivity index (χ4v) is 12.9. The van der Waals surface area contributed by atoms with Gasteiger partial charge in [0.25, 0.3) is 25.8 Å². The minimum absolute atomic E-state index is 0.0195. The molecular weight excluding hydrogens is 1050 g/mol. The maximum Gasteiger partial charge on any atom is 0.501 e. The second-order valence-electron chi connectivity index (χ2n) is 21.2. The normalized spacial score (nSPS) is 19.0. The Labute approximate surface area is 449 Å². The van der Waals surface area contributed by atoms with Crippen molar-refractivity contribution in [3.05, 3.63) is 119 Å². The number of amides is 2. The molecule has 75 heavy (non-hydrogen) atoms. The Bertz CT molecular complexity index is 2870. The predicted octanol–water partition coefficient (Wildman–Crippen LogP) is 9.60. The zero-order chi connectivity index (χ0) is 54.3. The second kappa shape index (κ2) is 24.2. The number of alkyl halides is 3. The number of hydrogen-bond donors (Lipinski definition) is 2. The quantitative estimate of drug-likeness (QED) is 0.0911. The average molecular weight is 1120 g/mol. The van der Waals surface area contributed by atoms with Crippen molar-refractivity contribution in [1.82, 2.24) is 24.3 Å². The van der Waals surface area contributed by atoms with Crippen LogP contribution in [0.5, 0.6) is 0 Å². The van der Waals surface area contributed by atoms with Crippen molar-refractivity contribution in [3.63, 3.8) is 0 Å². The van der Waals surface area contributed by atoms with Crippen molar-refractivity contribution < 1.29 is 44.3 Å². The molecule has 0 saturated carbocycles. The number of ether oxygens (including phenoxy) is 1. The molecule has 0 aromatic heterocycles. The highest BCUT2D eigenvalue weighted by molar-refractivity contribution is 7.99. The molecule has 3 aliphatic rings. The second-order valence-corrected chi connectivity index (χ2v) is 26.4. The van der Waals surface area contributed by atoms with E-state index < -0.39 is 58.4 Å². The number of nitrogens with zero attached hydrogens (tertiary/aromatic N) is 5. The third kappa shape index (κ3) is 15.7. The first-order chi connectivity index (χ1) is 35.3. The molecule has 2 fully saturated rings. The van der Waals surface area contributed by atoms with Crippen LogP contribution < -0.4 is 14.9 Å². The van der Waals surface area contributed by atoms with Gasteiger partial charge in [-0.1, -0.05) is 54.4 Å². The van der Waals surface area contributed by atoms with Gasteiger partial charge in [0.15, 0.2) is 0 Å². The van der Waals surface area contributed by atoms with Gasteiger partial charge in [-0.25, -0.2) is 26.4 Å². The zero-order valence-corrected chi connectivity index (χ0v) is 46.7. The SMILES string of the molecule is CN(C)CCC(CSc1ccccc1)Nc1ccc(S(=O)(=O)NC(=O)c2ccc(N3CCN(CC4=C(c5ccc(Cl)cc5)CCC(C)(CN5CCN(C(=O)OC(C)(C)C)CC5)C4)CC3)cc2)cc1S(=O)(=O)C(F)(F)F. The number of nitrogens with one attached hydrogen (secondary N) is 2. The Kier molecular flexibility index (Phi) is 18.7. The largest absolute Gasteiger partial charge is 0.501 e. The van der Waals surface area contributed by atoms with Crippen LogP contribution >= 0.6 is 23.4 Å². The summed E-state index contributed by atoms with van der Waals surface area (Å²) in [6.45, 7) is 16.0. The van der Waals surface area contributed by atoms with Gasteiger partial charge in [-0.3, -0.25) is 14.6 Å². The lowest BCUT2D eigenvalue weighted by Crippen LogP contribution is -2.52. The molecular formula is C54H69ClF3N7O7S3. The molecule has 21 heteroatoms. The molecule has 0 bridgehead atoms. The summed E-state index contributed by atoms with van der Waals surface area (Å²) in [6, 6.07) is 25.7. The maximum atomic E-state index is 14.2. The number of carbonyl (C=O) groups excluding carboxylic acids is 2. The van der Waals surface area contributed by atoms with E-state index in [2.05, 4.69) is 39.1 Å². The lowest BCUT2D eigenvalue weighted by atomic mass is 9.71. The fraction of sp³-hybridized carbons (Fsp3) is 0.481. The summed E-state index contributed by atoms with van der Waals surface area (Å²) in [7, 11) is -7.26. The Morgan fingerprint density at radius 2 is 1.48 bits per heavy atom. The lowest BCUT2D eigenvalue weighted by molar-refractivity contribution is -0.0436. The number of rotatable bonds is 18. The van der Waals surface area contributed by atoms with Gasteiger partial charge < -0.3 is 24.8 Å². The van der Waals surface area contributed by atoms with E-state index in [4.69, 9.17) is 16.3 Å². The number of benzene rings is 4. The number of halogens is 4. The van der Waals surface area contributed by atoms with Crippen LogP contribution in [-0.4, -0.2) is 157 Å². The predicted molar refractivity (Wildman–Crippen MR) is 292 cm³/mol. The lowest BCUT2D eigenvalue weighted by Gasteiger charge is -2.44. The van der Waals surface area contributed by atoms with Crippen molar-refractivity contribution in [2.45, 2.75) is 85.2 Å². The van der Waals surface area contributed by atoms with Crippen LogP contribution in [0.25, 0.3) is 5.57 Å². The standard InChI is InChI=1S/C54H69ClF3N7O7S3/c1-52(2,3)72-51(67)65-32-28-63(29-33-65)38-53(4)24-22-47(39-12-16-42(55)17-13-39)41(35-53)36-62-26-30-64(31-27-62)44-18-14-40(15-19-44)50(66)60-75(70,71)46-20-21-48(49(34-46)74(68,69)54(56,57)58)59-43(23-25-61(5)6)37-73-45-10-8-7-9-11-45/h7-21,34,43,59H,22-33,35-38H2,1-6H3,(H,60,66). The Balaban J connectivity index is 0.985. The van der Waals surface area contributed by atoms with E-state index in [-0.39, 0.29) is 17.1 Å². The van der Waals surface area contributed by atoms with Crippen LogP contribution in [0.1, 0.15) is 69.3 Å². The van der Waals surface area contributed by atoms with E-state index in [0.29, 0.717) is 56.0 Å². The van der Waals surface area contributed by atoms with Gasteiger partial charge in [0, 0.05) is 98.4 Å². The molecule has 2 aliphatic heterocycles. The van der Waals surface area contributed by atoms with Gasteiger partial charge in [0.2, 0.25) is 0 Å². The number of allylic oxidation sites excluding steroid dienone is 1. The van der Waals surface area contributed by atoms with Gasteiger partial charge in [-0.2, -0.15) is 13.2 Å². The summed E-state index contributed by atoms with van der Waals surface area (Å²) < 4.78 is 103. The highest BCUT2D eigenvalue weighted by Crippen LogP contribution is 2.44. The number of sulfonamides is 1. The van der Waals surface area contributed by atoms with Gasteiger partial charge in [0.1, 0.15) is 10.5 Å². The van der Waals surface area contributed by atoms with Gasteiger partial charge >= 0.3 is 11.6 Å². The van der Waals surface area contributed by atoms with Crippen LogP contribution in [0.15, 0.2) is 117 Å². The fourth-order valence-electron chi connectivity index (χ4n) is 9.73. The van der Waals surface area contributed by atoms with Crippen molar-refractivity contribution in [3.8, 4) is 0 Å². The Morgan fingerprint density at radius 3 is 2.09 bits per heavy atom. The molecule has 2 atom stereocenters. The van der Waals surface area contributed by atoms with Crippen LogP contribution in [0.3, 0.4) is 0 Å². The molecule has 0 spiro atoms. The number of piperazine rings is 2. The van der Waals surface area contributed by atoms with Crippen molar-refractivity contribution in [2.24, 2.45) is 5.41 Å². The van der Waals surface area contributed by atoms with Crippen molar-refractivity contribution >= 4 is 72.2 Å². The summed E-state index contributed by atoms with van der Waals surface area (Å²) in [5.41, 5.74) is -1.93. The van der Waals surface area contributed by atoms with E-state index in [1.807, 2.05) is 87.0 Å². The molecule has 2 saturated heterocycles. The number of hydrogen-bond acceptors (Lipinski definition) is 13. The Morgan fingerprint density at radius 1 is 0.840 bits per heavy atom. The number of thioether (sulfide) groups is 1. The molecule has 2 N–H and O–H groups in total. The third-order valence-electron chi connectivity index (χ3n) is 13.7. The molecule has 0 radical (unpaired) electrons. The molecule has 2 amide bonds. The average Bonchev–Trinajstić information content (AvgIpc) is 3.35. The minimum atomic E-state index is -6.06. The summed E-state index contributed by atoms with van der Waals surface area (Å²) in [5, 5.41) is 3.63. The van der Waals surface area contributed by atoms with Crippen LogP contribution in [0.2, 0.25) is 5.02 Å². The van der Waals surface area contributed by atoms with Crippen LogP contribution in [-0.2, 0) is 24.6 Å². The molecule has 408 valence electrons. The van der Waals surface area contributed by atoms with Crippen LogP contribution in [0.4, 0.5) is 29.3 Å². The highest BCUT2D eigenvalue weighted by atomic mass is 35.5. The van der Waals surface area contributed by atoms with Crippen LogP contribution in [0, 0.1) is 5.41 Å². The number of anilines is 2. The summed E-state index contributed by atoms with van der Waals surface area (Å²) >= 11 is 7.75. The first-order valence-electron chi connectivity index (χ1n) is 25.1. The molecule has 4 aromatic carbocycles. The summed E-state index contributed by atoms with van der Waals surface area (Å²) in [6.07, 6.45) is 3.05. The van der Waals surface area contributed by atoms with E-state index in [1.54, 1.807) is 17.0 Å². The number of sulfone groups is 1. The van der Waals surface area contributed by atoms with Gasteiger partial charge in [-0.05, 0) is 150 Å². The molecule has 1 aliphatic carbocycles. The molecule has 7 rings (SSSR count). The smallest absolute Gasteiger partial charge is 0.444 e. The van der Waals surface area contributed by atoms with E-state index in [1.165, 1.54) is 40.6 Å². The van der Waals surface area contributed by atoms with Gasteiger partial charge in [-0.15, -0.1) is 11.8 Å². The molecule has 14 nitrogen and oxygen atoms in total. The minimum Gasteiger partial charge on any atom is -0.444 e. The molecule has 2 unspecified atom stereocenters. The Hall–Kier alpha value is -4.83. The molecule has 2 heterocycles. The van der Waals surface area contributed by atoms with E-state index >= 15 is 0 Å². The summed E-state index contributed by atoms with van der Waals surface area (Å²) in [5.74, 6) is -0.677. The zero-order valence-electron chi connectivity index (χ0n) is 43.5. The van der Waals surface area contributed by atoms with E-state index in [0.717, 1.165) is 81.2 Å². The molecule has 4 aromatic rings. The van der Waals surface area contributed by atoms with Gasteiger partial charge in [0.05, 0.1) is 10.6 Å². The van der Waals surface area contributed by atoms with E-state index in [9.17, 15) is 39.6 Å². The third-order valence-corrected chi connectivity index (χ3v) is 18.0. The van der Waals surface area contributed by atoms with Crippen molar-refractivity contribution in [1.29, 1.82) is 0 Å². The first-order valence-corrected chi connectivity index (χ1v) is 29.5.